The second kappa shape index (κ2) is 5.84. The van der Waals surface area contributed by atoms with Gasteiger partial charge in [0.05, 0.1) is 11.3 Å². The number of rotatable bonds is 3. The number of aromatic nitrogens is 1. The Bertz CT molecular complexity index is 738. The van der Waals surface area contributed by atoms with Crippen LogP contribution in [0.15, 0.2) is 30.5 Å². The van der Waals surface area contributed by atoms with Gasteiger partial charge >= 0.3 is 6.18 Å². The normalized spacial score (nSPS) is 11.3. The fourth-order valence-electron chi connectivity index (χ4n) is 1.78. The van der Waals surface area contributed by atoms with Crippen molar-refractivity contribution < 1.29 is 22.8 Å². The lowest BCUT2D eigenvalue weighted by atomic mass is 10.1. The Kier molecular flexibility index (Phi) is 4.27. The van der Waals surface area contributed by atoms with E-state index in [4.69, 9.17) is 11.6 Å². The number of anilines is 1. The van der Waals surface area contributed by atoms with Gasteiger partial charge in [-0.05, 0) is 31.2 Å². The molecular formula is C14H10ClF3N2O2. The highest BCUT2D eigenvalue weighted by Crippen LogP contribution is 2.36. The number of carbonyl (C=O) groups excluding carboxylic acids is 2. The maximum Gasteiger partial charge on any atom is 0.418 e. The van der Waals surface area contributed by atoms with Gasteiger partial charge in [-0.1, -0.05) is 11.6 Å². The summed E-state index contributed by atoms with van der Waals surface area (Å²) >= 11 is 5.56. The molecule has 0 unspecified atom stereocenters. The molecule has 1 heterocycles. The average Bonchev–Trinajstić information content (AvgIpc) is 2.89. The van der Waals surface area contributed by atoms with E-state index < -0.39 is 23.3 Å². The Balaban J connectivity index is 2.30. The van der Waals surface area contributed by atoms with Gasteiger partial charge in [-0.25, -0.2) is 0 Å². The van der Waals surface area contributed by atoms with E-state index in [1.807, 2.05) is 0 Å². The molecule has 1 aromatic heterocycles. The molecule has 0 saturated heterocycles. The molecule has 0 bridgehead atoms. The minimum Gasteiger partial charge on any atom is -0.356 e. The van der Waals surface area contributed by atoms with Crippen LogP contribution < -0.4 is 5.32 Å². The zero-order valence-corrected chi connectivity index (χ0v) is 12.0. The predicted octanol–water partition coefficient (Wildman–Crippen LogP) is 4.14. The molecule has 2 rings (SSSR count). The van der Waals surface area contributed by atoms with Gasteiger partial charge in [-0.2, -0.15) is 13.2 Å². The number of aromatic amines is 1. The van der Waals surface area contributed by atoms with Crippen molar-refractivity contribution in [2.75, 3.05) is 5.32 Å². The van der Waals surface area contributed by atoms with E-state index in [1.54, 1.807) is 0 Å². The third-order valence-corrected chi connectivity index (χ3v) is 3.10. The molecule has 22 heavy (non-hydrogen) atoms. The summed E-state index contributed by atoms with van der Waals surface area (Å²) in [5.74, 6) is -1.06. The van der Waals surface area contributed by atoms with Crippen LogP contribution in [0.4, 0.5) is 18.9 Å². The summed E-state index contributed by atoms with van der Waals surface area (Å²) in [7, 11) is 0. The summed E-state index contributed by atoms with van der Waals surface area (Å²) in [5.41, 5.74) is -1.22. The smallest absolute Gasteiger partial charge is 0.356 e. The van der Waals surface area contributed by atoms with Gasteiger partial charge < -0.3 is 10.3 Å². The van der Waals surface area contributed by atoms with Crippen molar-refractivity contribution in [1.29, 1.82) is 0 Å². The molecule has 1 amide bonds. The van der Waals surface area contributed by atoms with Gasteiger partial charge in [0.1, 0.15) is 5.69 Å². The second-order valence-electron chi connectivity index (χ2n) is 4.50. The highest BCUT2D eigenvalue weighted by atomic mass is 35.5. The summed E-state index contributed by atoms with van der Waals surface area (Å²) in [4.78, 5) is 25.6. The summed E-state index contributed by atoms with van der Waals surface area (Å²) in [6, 6.07) is 4.30. The van der Waals surface area contributed by atoms with Crippen molar-refractivity contribution in [3.8, 4) is 0 Å². The topological polar surface area (TPSA) is 62.0 Å². The number of nitrogens with one attached hydrogen (secondary N) is 2. The third-order valence-electron chi connectivity index (χ3n) is 2.87. The number of amides is 1. The Morgan fingerprint density at radius 3 is 2.45 bits per heavy atom. The Morgan fingerprint density at radius 2 is 1.91 bits per heavy atom. The summed E-state index contributed by atoms with van der Waals surface area (Å²) in [5, 5.41) is 2.06. The van der Waals surface area contributed by atoms with Crippen molar-refractivity contribution >= 4 is 29.0 Å². The number of hydrogen-bond acceptors (Lipinski definition) is 2. The van der Waals surface area contributed by atoms with E-state index in [1.165, 1.54) is 25.3 Å². The standard InChI is InChI=1S/C14H10ClF3N2O2/c1-7(21)8-4-12(19-6-8)13(22)20-11-3-2-9(15)5-10(11)14(16,17)18/h2-6,19H,1H3,(H,20,22). The van der Waals surface area contributed by atoms with Crippen molar-refractivity contribution in [3.05, 3.63) is 52.3 Å². The number of hydrogen-bond donors (Lipinski definition) is 2. The van der Waals surface area contributed by atoms with E-state index in [-0.39, 0.29) is 22.1 Å². The minimum atomic E-state index is -4.66. The highest BCUT2D eigenvalue weighted by molar-refractivity contribution is 6.30. The van der Waals surface area contributed by atoms with Crippen LogP contribution in [-0.2, 0) is 6.18 Å². The number of Topliss-reactive ketones (excluding diaryl/α,β-unsaturated/α-hetero) is 1. The fraction of sp³-hybridized carbons (Fsp3) is 0.143. The van der Waals surface area contributed by atoms with Gasteiger partial charge in [-0.15, -0.1) is 0 Å². The molecule has 2 aromatic rings. The van der Waals surface area contributed by atoms with E-state index in [0.717, 1.165) is 12.1 Å². The van der Waals surface area contributed by atoms with Crippen LogP contribution in [0.5, 0.6) is 0 Å². The number of H-pyrrole nitrogens is 1. The first kappa shape index (κ1) is 16.1. The molecule has 1 aromatic carbocycles. The maximum atomic E-state index is 12.9. The van der Waals surface area contributed by atoms with E-state index in [9.17, 15) is 22.8 Å². The molecule has 0 fully saturated rings. The van der Waals surface area contributed by atoms with Crippen LogP contribution in [-0.4, -0.2) is 16.7 Å². The van der Waals surface area contributed by atoms with E-state index in [0.29, 0.717) is 0 Å². The van der Waals surface area contributed by atoms with E-state index >= 15 is 0 Å². The van der Waals surface area contributed by atoms with Crippen LogP contribution >= 0.6 is 11.6 Å². The van der Waals surface area contributed by atoms with Gasteiger partial charge in [-0.3, -0.25) is 9.59 Å². The Hall–Kier alpha value is -2.28. The van der Waals surface area contributed by atoms with Crippen molar-refractivity contribution in [1.82, 2.24) is 4.98 Å². The predicted molar refractivity (Wildman–Crippen MR) is 75.2 cm³/mol. The number of halogens is 4. The lowest BCUT2D eigenvalue weighted by Crippen LogP contribution is -2.17. The molecule has 0 radical (unpaired) electrons. The molecule has 116 valence electrons. The zero-order chi connectivity index (χ0) is 16.5. The number of alkyl halides is 3. The third kappa shape index (κ3) is 3.48. The van der Waals surface area contributed by atoms with Crippen LogP contribution in [0.25, 0.3) is 0 Å². The van der Waals surface area contributed by atoms with Gasteiger partial charge in [0, 0.05) is 16.8 Å². The first-order chi connectivity index (χ1) is 10.2. The number of ketones is 1. The van der Waals surface area contributed by atoms with Crippen LogP contribution in [0.2, 0.25) is 5.02 Å². The monoisotopic (exact) mass is 330 g/mol. The molecule has 2 N–H and O–H groups in total. The quantitative estimate of drug-likeness (QED) is 0.831. The maximum absolute atomic E-state index is 12.9. The Morgan fingerprint density at radius 1 is 1.23 bits per heavy atom. The molecule has 0 aliphatic heterocycles. The van der Waals surface area contributed by atoms with Crippen LogP contribution in [0, 0.1) is 0 Å². The zero-order valence-electron chi connectivity index (χ0n) is 11.2. The number of carbonyl (C=O) groups is 2. The molecule has 0 atom stereocenters. The molecular weight excluding hydrogens is 321 g/mol. The van der Waals surface area contributed by atoms with Crippen molar-refractivity contribution in [2.45, 2.75) is 13.1 Å². The minimum absolute atomic E-state index is 0.0201. The van der Waals surface area contributed by atoms with E-state index in [2.05, 4.69) is 10.3 Å². The Labute approximate surface area is 128 Å². The fourth-order valence-corrected chi connectivity index (χ4v) is 1.95. The molecule has 0 aliphatic carbocycles. The van der Waals surface area contributed by atoms with Gasteiger partial charge in [0.15, 0.2) is 5.78 Å². The van der Waals surface area contributed by atoms with Crippen molar-refractivity contribution in [3.63, 3.8) is 0 Å². The first-order valence-corrected chi connectivity index (χ1v) is 6.43. The molecule has 0 aliphatic rings. The lowest BCUT2D eigenvalue weighted by Gasteiger charge is -2.13. The largest absolute Gasteiger partial charge is 0.418 e. The van der Waals surface area contributed by atoms with Crippen LogP contribution in [0.1, 0.15) is 33.3 Å². The molecule has 0 saturated carbocycles. The average molecular weight is 331 g/mol. The second-order valence-corrected chi connectivity index (χ2v) is 4.94. The van der Waals surface area contributed by atoms with Crippen LogP contribution in [0.3, 0.4) is 0 Å². The van der Waals surface area contributed by atoms with Gasteiger partial charge in [0.25, 0.3) is 5.91 Å². The highest BCUT2D eigenvalue weighted by Gasteiger charge is 2.34. The van der Waals surface area contributed by atoms with Crippen molar-refractivity contribution in [2.24, 2.45) is 0 Å². The molecule has 8 heteroatoms. The van der Waals surface area contributed by atoms with Gasteiger partial charge in [0.2, 0.25) is 0 Å². The summed E-state index contributed by atoms with van der Waals surface area (Å²) < 4.78 is 38.8. The summed E-state index contributed by atoms with van der Waals surface area (Å²) in [6.45, 7) is 1.31. The molecule has 0 spiro atoms. The molecule has 4 nitrogen and oxygen atoms in total. The SMILES string of the molecule is CC(=O)c1c[nH]c(C(=O)Nc2ccc(Cl)cc2C(F)(F)F)c1. The number of benzene rings is 1. The summed E-state index contributed by atoms with van der Waals surface area (Å²) in [6.07, 6.45) is -3.35. The lowest BCUT2D eigenvalue weighted by molar-refractivity contribution is -0.136. The first-order valence-electron chi connectivity index (χ1n) is 6.06.